The predicted molar refractivity (Wildman–Crippen MR) is 144 cm³/mol. The average molecular weight is 504 g/mol. The fraction of sp³-hybridized carbons (Fsp3) is 0.241. The zero-order chi connectivity index (χ0) is 26.7. The van der Waals surface area contributed by atoms with Gasteiger partial charge >= 0.3 is 5.97 Å². The van der Waals surface area contributed by atoms with Crippen LogP contribution in [-0.4, -0.2) is 48.8 Å². The van der Waals surface area contributed by atoms with Crippen molar-refractivity contribution in [2.75, 3.05) is 32.7 Å². The van der Waals surface area contributed by atoms with Gasteiger partial charge in [-0.1, -0.05) is 26.0 Å². The van der Waals surface area contributed by atoms with Crippen LogP contribution in [0.25, 0.3) is 27.7 Å². The van der Waals surface area contributed by atoms with E-state index in [0.29, 0.717) is 31.1 Å². The highest BCUT2D eigenvalue weighted by Gasteiger charge is 2.46. The van der Waals surface area contributed by atoms with Crippen LogP contribution in [0.15, 0.2) is 60.7 Å². The zero-order valence-corrected chi connectivity index (χ0v) is 21.0. The Hall–Kier alpha value is -4.01. The molecular weight excluding hydrogens is 473 g/mol. The number of nitrogen functional groups attached to an aromatic ring is 1. The highest BCUT2D eigenvalue weighted by Crippen LogP contribution is 2.46. The summed E-state index contributed by atoms with van der Waals surface area (Å²) in [5, 5.41) is 18.0. The number of aromatic nitrogens is 1. The van der Waals surface area contributed by atoms with Crippen LogP contribution in [0, 0.1) is 11.2 Å². The summed E-state index contributed by atoms with van der Waals surface area (Å²) in [6, 6.07) is 16.6. The van der Waals surface area contributed by atoms with Crippen molar-refractivity contribution in [2.45, 2.75) is 19.3 Å². The molecule has 192 valence electrons. The number of benzene rings is 3. The van der Waals surface area contributed by atoms with E-state index in [4.69, 9.17) is 20.6 Å². The molecule has 4 aromatic rings. The van der Waals surface area contributed by atoms with Crippen LogP contribution in [-0.2, 0) is 14.9 Å². The molecule has 1 fully saturated rings. The number of nitrogens with zero attached hydrogens (tertiary/aromatic N) is 1. The molecule has 0 radical (unpaired) electrons. The Morgan fingerprint density at radius 3 is 2.32 bits per heavy atom. The molecule has 0 amide bonds. The number of ether oxygens (including phenoxy) is 2. The molecule has 0 atom stereocenters. The van der Waals surface area contributed by atoms with Gasteiger partial charge in [-0.3, -0.25) is 0 Å². The smallest absolute Gasteiger partial charge is 0.335 e. The van der Waals surface area contributed by atoms with E-state index in [9.17, 15) is 14.3 Å². The first-order valence-electron chi connectivity index (χ1n) is 12.0. The lowest BCUT2D eigenvalue weighted by atomic mass is 9.79. The third kappa shape index (κ3) is 4.50. The highest BCUT2D eigenvalue weighted by atomic mass is 19.1. The van der Waals surface area contributed by atoms with Crippen molar-refractivity contribution >= 4 is 28.8 Å². The molecule has 0 bridgehead atoms. The summed E-state index contributed by atoms with van der Waals surface area (Å²) in [6.45, 7) is 5.23. The van der Waals surface area contributed by atoms with Gasteiger partial charge in [0, 0.05) is 46.9 Å². The van der Waals surface area contributed by atoms with Crippen molar-refractivity contribution in [1.29, 1.82) is 5.41 Å². The number of nitrogens with one attached hydrogen (secondary N) is 1. The number of carbonyl (C=O) groups is 1. The summed E-state index contributed by atoms with van der Waals surface area (Å²) in [7, 11) is 1.64. The summed E-state index contributed by atoms with van der Waals surface area (Å²) >= 11 is 0. The van der Waals surface area contributed by atoms with Gasteiger partial charge in [0.1, 0.15) is 5.82 Å². The van der Waals surface area contributed by atoms with Gasteiger partial charge in [-0.2, -0.15) is 0 Å². The number of methoxy groups -OCH3 is 1. The van der Waals surface area contributed by atoms with Crippen molar-refractivity contribution in [3.8, 4) is 16.8 Å². The van der Waals surface area contributed by atoms with Gasteiger partial charge in [0.2, 0.25) is 0 Å². The first-order chi connectivity index (χ1) is 17.9. The molecule has 1 aromatic heterocycles. The van der Waals surface area contributed by atoms with E-state index in [0.717, 1.165) is 33.4 Å². The van der Waals surface area contributed by atoms with E-state index < -0.39 is 11.4 Å². The third-order valence-corrected chi connectivity index (χ3v) is 6.51. The Bertz CT molecular complexity index is 1440. The number of aromatic carboxylic acids is 1. The zero-order valence-electron chi connectivity index (χ0n) is 21.0. The van der Waals surface area contributed by atoms with E-state index in [-0.39, 0.29) is 11.4 Å². The second kappa shape index (κ2) is 10.5. The van der Waals surface area contributed by atoms with Crippen molar-refractivity contribution in [1.82, 2.24) is 4.57 Å². The Morgan fingerprint density at radius 2 is 1.81 bits per heavy atom. The predicted octanol–water partition coefficient (Wildman–Crippen LogP) is 5.66. The minimum Gasteiger partial charge on any atom is -0.478 e. The standard InChI is InChI=1S/C27H24FN3O4.C2H6/c1-34-13-27(14-35-15-27)25-24(16-2-4-17(5-3-16)26(32)33)21-11-22(30)18(12-29)10-23(21)31(25)20-8-6-19(28)7-9-20;1-2/h2-12,29H,13-15,30H2,1H3,(H,32,33);1-2H3. The monoisotopic (exact) mass is 503 g/mol. The lowest BCUT2D eigenvalue weighted by Gasteiger charge is -2.42. The van der Waals surface area contributed by atoms with Crippen molar-refractivity contribution in [2.24, 2.45) is 0 Å². The van der Waals surface area contributed by atoms with Gasteiger partial charge in [-0.15, -0.1) is 0 Å². The number of anilines is 1. The molecule has 0 aliphatic carbocycles. The molecule has 0 unspecified atom stereocenters. The quantitative estimate of drug-likeness (QED) is 0.223. The number of rotatable bonds is 7. The highest BCUT2D eigenvalue weighted by molar-refractivity contribution is 6.05. The van der Waals surface area contributed by atoms with Crippen LogP contribution in [0.1, 0.15) is 35.5 Å². The maximum Gasteiger partial charge on any atom is 0.335 e. The van der Waals surface area contributed by atoms with Crippen molar-refractivity contribution in [3.63, 3.8) is 0 Å². The number of hydrogen-bond acceptors (Lipinski definition) is 5. The van der Waals surface area contributed by atoms with Gasteiger partial charge in [-0.05, 0) is 54.1 Å². The second-order valence-electron chi connectivity index (χ2n) is 8.77. The third-order valence-electron chi connectivity index (χ3n) is 6.51. The Balaban J connectivity index is 0.00000156. The number of hydrogen-bond donors (Lipinski definition) is 3. The Kier molecular flexibility index (Phi) is 7.42. The van der Waals surface area contributed by atoms with Gasteiger partial charge in [0.25, 0.3) is 0 Å². The van der Waals surface area contributed by atoms with Gasteiger partial charge in [0.05, 0.1) is 36.3 Å². The Morgan fingerprint density at radius 1 is 1.16 bits per heavy atom. The minimum absolute atomic E-state index is 0.182. The number of fused-ring (bicyclic) bond motifs is 1. The maximum absolute atomic E-state index is 13.9. The topological polar surface area (TPSA) is 111 Å². The van der Waals surface area contributed by atoms with Crippen LogP contribution >= 0.6 is 0 Å². The molecular formula is C29H30FN3O4. The number of carboxylic acid groups (broad SMARTS) is 1. The lowest BCUT2D eigenvalue weighted by Crippen LogP contribution is -2.51. The molecule has 37 heavy (non-hydrogen) atoms. The molecule has 0 saturated carbocycles. The van der Waals surface area contributed by atoms with Crippen LogP contribution in [0.3, 0.4) is 0 Å². The largest absolute Gasteiger partial charge is 0.478 e. The number of nitrogens with two attached hydrogens (primary N) is 1. The van der Waals surface area contributed by atoms with Crippen LogP contribution in [0.4, 0.5) is 10.1 Å². The minimum atomic E-state index is -1.01. The van der Waals surface area contributed by atoms with Gasteiger partial charge < -0.3 is 30.3 Å². The van der Waals surface area contributed by atoms with Crippen LogP contribution < -0.4 is 5.73 Å². The van der Waals surface area contributed by atoms with E-state index in [1.54, 1.807) is 43.5 Å². The number of carboxylic acids is 1. The fourth-order valence-electron chi connectivity index (χ4n) is 4.84. The summed E-state index contributed by atoms with van der Waals surface area (Å²) in [5.74, 6) is -1.35. The average Bonchev–Trinajstić information content (AvgIpc) is 3.21. The Labute approximate surface area is 214 Å². The lowest BCUT2D eigenvalue weighted by molar-refractivity contribution is -0.0938. The molecule has 1 saturated heterocycles. The molecule has 3 aromatic carbocycles. The second-order valence-corrected chi connectivity index (χ2v) is 8.77. The summed E-state index contributed by atoms with van der Waals surface area (Å²) in [6.07, 6.45) is 1.20. The molecule has 1 aliphatic rings. The maximum atomic E-state index is 13.9. The summed E-state index contributed by atoms with van der Waals surface area (Å²) in [4.78, 5) is 11.5. The molecule has 8 heteroatoms. The first kappa shape index (κ1) is 26.1. The normalized spacial score (nSPS) is 13.9. The molecule has 1 aliphatic heterocycles. The molecule has 2 heterocycles. The number of halogens is 1. The van der Waals surface area contributed by atoms with Crippen molar-refractivity contribution in [3.05, 3.63) is 83.3 Å². The molecule has 0 spiro atoms. The molecule has 7 nitrogen and oxygen atoms in total. The van der Waals surface area contributed by atoms with Crippen LogP contribution in [0.2, 0.25) is 0 Å². The fourth-order valence-corrected chi connectivity index (χ4v) is 4.84. The first-order valence-corrected chi connectivity index (χ1v) is 12.0. The SMILES string of the molecule is CC.COCC1(c2c(-c3ccc(C(=O)O)cc3)c3cc(N)c(C=N)cc3n2-c2ccc(F)cc2)COC1. The van der Waals surface area contributed by atoms with E-state index in [2.05, 4.69) is 0 Å². The van der Waals surface area contributed by atoms with E-state index in [1.807, 2.05) is 30.5 Å². The van der Waals surface area contributed by atoms with E-state index in [1.165, 1.54) is 18.3 Å². The van der Waals surface area contributed by atoms with Gasteiger partial charge in [-0.25, -0.2) is 9.18 Å². The van der Waals surface area contributed by atoms with Crippen molar-refractivity contribution < 1.29 is 23.8 Å². The summed E-state index contributed by atoms with van der Waals surface area (Å²) < 4.78 is 27.2. The van der Waals surface area contributed by atoms with Gasteiger partial charge in [0.15, 0.2) is 0 Å². The van der Waals surface area contributed by atoms with E-state index >= 15 is 0 Å². The molecule has 5 rings (SSSR count). The molecule has 4 N–H and O–H groups in total. The summed E-state index contributed by atoms with van der Waals surface area (Å²) in [5.41, 5.74) is 11.1. The van der Waals surface area contributed by atoms with Crippen LogP contribution in [0.5, 0.6) is 0 Å².